The molecule has 0 bridgehead atoms. The summed E-state index contributed by atoms with van der Waals surface area (Å²) in [5.74, 6) is 0.324. The number of carbonyl (C=O) groups is 2. The van der Waals surface area contributed by atoms with Crippen molar-refractivity contribution in [2.24, 2.45) is 11.3 Å². The minimum Gasteiger partial charge on any atom is -0.311 e. The molecule has 6 nitrogen and oxygen atoms in total. The van der Waals surface area contributed by atoms with Crippen LogP contribution in [0, 0.1) is 29.6 Å². The Labute approximate surface area is 164 Å². The predicted molar refractivity (Wildman–Crippen MR) is 105 cm³/mol. The van der Waals surface area contributed by atoms with E-state index in [1.807, 2.05) is 43.3 Å². The van der Waals surface area contributed by atoms with Crippen LogP contribution in [0.2, 0.25) is 0 Å². The molecule has 142 valence electrons. The first-order valence-corrected chi connectivity index (χ1v) is 9.57. The first kappa shape index (κ1) is 18.2. The highest BCUT2D eigenvalue weighted by Gasteiger charge is 2.56. The van der Waals surface area contributed by atoms with Crippen LogP contribution in [0.5, 0.6) is 0 Å². The minimum absolute atomic E-state index is 0.121. The van der Waals surface area contributed by atoms with Crippen LogP contribution >= 0.6 is 0 Å². The van der Waals surface area contributed by atoms with E-state index in [-0.39, 0.29) is 24.2 Å². The Kier molecular flexibility index (Phi) is 4.60. The van der Waals surface area contributed by atoms with Crippen molar-refractivity contribution < 1.29 is 9.59 Å². The minimum atomic E-state index is -0.881. The molecule has 1 aromatic carbocycles. The number of nitriles is 1. The Bertz CT molecular complexity index is 962. The number of rotatable bonds is 5. The number of hydrogen-bond acceptors (Lipinski definition) is 4. The van der Waals surface area contributed by atoms with Crippen molar-refractivity contribution >= 4 is 23.3 Å². The normalized spacial score (nSPS) is 21.4. The first-order chi connectivity index (χ1) is 13.5. The Morgan fingerprint density at radius 1 is 1.32 bits per heavy atom. The molecule has 1 saturated heterocycles. The molecular formula is C22H22N4O2. The lowest BCUT2D eigenvalue weighted by Crippen LogP contribution is -2.35. The summed E-state index contributed by atoms with van der Waals surface area (Å²) in [6, 6.07) is 15.3. The molecule has 2 fully saturated rings. The lowest BCUT2D eigenvalue weighted by atomic mass is 9.83. The Balaban J connectivity index is 1.52. The summed E-state index contributed by atoms with van der Waals surface area (Å²) in [6.07, 6.45) is 2.71. The lowest BCUT2D eigenvalue weighted by molar-refractivity contribution is -0.123. The van der Waals surface area contributed by atoms with Gasteiger partial charge in [-0.25, -0.2) is 4.98 Å². The van der Waals surface area contributed by atoms with Gasteiger partial charge in [-0.1, -0.05) is 30.3 Å². The number of pyridine rings is 1. The number of anilines is 2. The highest BCUT2D eigenvalue weighted by atomic mass is 16.2. The summed E-state index contributed by atoms with van der Waals surface area (Å²) in [6.45, 7) is 2.35. The second-order valence-corrected chi connectivity index (χ2v) is 7.63. The third-order valence-corrected chi connectivity index (χ3v) is 5.56. The highest BCUT2D eigenvalue weighted by molar-refractivity contribution is 6.02. The van der Waals surface area contributed by atoms with Gasteiger partial charge in [-0.2, -0.15) is 5.26 Å². The highest BCUT2D eigenvalue weighted by Crippen LogP contribution is 2.51. The largest absolute Gasteiger partial charge is 0.311 e. The number of aromatic nitrogens is 1. The van der Waals surface area contributed by atoms with E-state index in [2.05, 4.69) is 16.4 Å². The number of nitrogens with one attached hydrogen (secondary N) is 1. The van der Waals surface area contributed by atoms with E-state index in [0.717, 1.165) is 18.4 Å². The van der Waals surface area contributed by atoms with Gasteiger partial charge in [0.05, 0.1) is 12.5 Å². The number of aryl methyl sites for hydroxylation is 1. The van der Waals surface area contributed by atoms with Gasteiger partial charge in [0.1, 0.15) is 11.2 Å². The molecule has 28 heavy (non-hydrogen) atoms. The molecule has 0 unspecified atom stereocenters. The van der Waals surface area contributed by atoms with E-state index in [1.54, 1.807) is 11.0 Å². The Morgan fingerprint density at radius 2 is 2.07 bits per heavy atom. The number of benzene rings is 1. The monoisotopic (exact) mass is 374 g/mol. The predicted octanol–water partition coefficient (Wildman–Crippen LogP) is 3.23. The summed E-state index contributed by atoms with van der Waals surface area (Å²) in [5, 5.41) is 12.5. The van der Waals surface area contributed by atoms with Crippen molar-refractivity contribution in [3.8, 4) is 6.07 Å². The van der Waals surface area contributed by atoms with Gasteiger partial charge in [0.25, 0.3) is 0 Å². The maximum atomic E-state index is 13.0. The molecule has 1 aliphatic heterocycles. The van der Waals surface area contributed by atoms with Crippen LogP contribution < -0.4 is 10.2 Å². The van der Waals surface area contributed by atoms with E-state index < -0.39 is 5.41 Å². The van der Waals surface area contributed by atoms with Gasteiger partial charge in [0.2, 0.25) is 11.8 Å². The van der Waals surface area contributed by atoms with Crippen molar-refractivity contribution in [2.45, 2.75) is 32.6 Å². The number of amides is 2. The van der Waals surface area contributed by atoms with Gasteiger partial charge in [0, 0.05) is 24.0 Å². The molecular weight excluding hydrogens is 352 g/mol. The van der Waals surface area contributed by atoms with E-state index in [9.17, 15) is 14.9 Å². The van der Waals surface area contributed by atoms with Gasteiger partial charge in [0.15, 0.2) is 0 Å². The molecule has 1 N–H and O–H groups in total. The van der Waals surface area contributed by atoms with Crippen LogP contribution in [-0.2, 0) is 16.0 Å². The van der Waals surface area contributed by atoms with E-state index in [1.165, 1.54) is 0 Å². The van der Waals surface area contributed by atoms with Crippen molar-refractivity contribution in [2.75, 3.05) is 16.8 Å². The lowest BCUT2D eigenvalue weighted by Gasteiger charge is -2.21. The van der Waals surface area contributed by atoms with Crippen LogP contribution in [0.25, 0.3) is 0 Å². The van der Waals surface area contributed by atoms with Gasteiger partial charge < -0.3 is 10.2 Å². The summed E-state index contributed by atoms with van der Waals surface area (Å²) in [4.78, 5) is 31.4. The second-order valence-electron chi connectivity index (χ2n) is 7.63. The molecule has 1 aliphatic carbocycles. The molecule has 1 atom stereocenters. The molecule has 2 aromatic rings. The van der Waals surface area contributed by atoms with E-state index >= 15 is 0 Å². The molecule has 2 aliphatic rings. The fraction of sp³-hybridized carbons (Fsp3) is 0.364. The van der Waals surface area contributed by atoms with Gasteiger partial charge in [-0.15, -0.1) is 0 Å². The van der Waals surface area contributed by atoms with E-state index in [4.69, 9.17) is 0 Å². The van der Waals surface area contributed by atoms with Gasteiger partial charge >= 0.3 is 0 Å². The van der Waals surface area contributed by atoms with Crippen LogP contribution in [0.15, 0.2) is 42.5 Å². The molecule has 2 heterocycles. The maximum absolute atomic E-state index is 13.0. The van der Waals surface area contributed by atoms with Crippen LogP contribution in [0.3, 0.4) is 0 Å². The summed E-state index contributed by atoms with van der Waals surface area (Å²) in [5.41, 5.74) is 1.44. The maximum Gasteiger partial charge on any atom is 0.247 e. The fourth-order valence-electron chi connectivity index (χ4n) is 3.97. The SMILES string of the molecule is Cc1cc(N2CC[C@@](C#N)(C3CC3)C2=O)cc(NC(=O)Cc2ccccc2)n1. The van der Waals surface area contributed by atoms with Crippen LogP contribution in [0.4, 0.5) is 11.5 Å². The topological polar surface area (TPSA) is 86.1 Å². The average Bonchev–Trinajstić information content (AvgIpc) is 3.46. The van der Waals surface area contributed by atoms with Gasteiger partial charge in [-0.05, 0) is 43.7 Å². The zero-order valence-electron chi connectivity index (χ0n) is 15.8. The number of carbonyl (C=O) groups excluding carboxylic acids is 2. The molecule has 0 spiro atoms. The Morgan fingerprint density at radius 3 is 2.75 bits per heavy atom. The van der Waals surface area contributed by atoms with E-state index in [0.29, 0.717) is 30.2 Å². The standard InChI is InChI=1S/C22H22N4O2/c1-15-11-18(26-10-9-22(14-23,21(26)28)17-7-8-17)13-19(24-15)25-20(27)12-16-5-3-2-4-6-16/h2-6,11,13,17H,7-10,12H2,1H3,(H,24,25,27)/t22-/m1/s1. The zero-order chi connectivity index (χ0) is 19.7. The van der Waals surface area contributed by atoms with Crippen molar-refractivity contribution in [1.29, 1.82) is 5.26 Å². The molecule has 1 saturated carbocycles. The van der Waals surface area contributed by atoms with Crippen molar-refractivity contribution in [3.63, 3.8) is 0 Å². The van der Waals surface area contributed by atoms with Crippen molar-refractivity contribution in [3.05, 3.63) is 53.7 Å². The molecule has 2 amide bonds. The van der Waals surface area contributed by atoms with Crippen molar-refractivity contribution in [1.82, 2.24) is 4.98 Å². The number of hydrogen-bond donors (Lipinski definition) is 1. The summed E-state index contributed by atoms with van der Waals surface area (Å²) in [7, 11) is 0. The number of nitrogens with zero attached hydrogens (tertiary/aromatic N) is 3. The summed E-state index contributed by atoms with van der Waals surface area (Å²) < 4.78 is 0. The zero-order valence-corrected chi connectivity index (χ0v) is 15.8. The third-order valence-electron chi connectivity index (χ3n) is 5.56. The smallest absolute Gasteiger partial charge is 0.247 e. The first-order valence-electron chi connectivity index (χ1n) is 9.57. The molecule has 1 aromatic heterocycles. The summed E-state index contributed by atoms with van der Waals surface area (Å²) >= 11 is 0. The van der Waals surface area contributed by atoms with Crippen LogP contribution in [0.1, 0.15) is 30.5 Å². The molecule has 6 heteroatoms. The van der Waals surface area contributed by atoms with Crippen LogP contribution in [-0.4, -0.2) is 23.3 Å². The molecule has 4 rings (SSSR count). The quantitative estimate of drug-likeness (QED) is 0.871. The Hall–Kier alpha value is -3.20. The third kappa shape index (κ3) is 3.36. The average molecular weight is 374 g/mol. The second kappa shape index (κ2) is 7.08. The molecule has 0 radical (unpaired) electrons. The van der Waals surface area contributed by atoms with Gasteiger partial charge in [-0.3, -0.25) is 9.59 Å². The fourth-order valence-corrected chi connectivity index (χ4v) is 3.97.